The number of carbonyl (C=O) groups is 2. The lowest BCUT2D eigenvalue weighted by atomic mass is 10.1. The van der Waals surface area contributed by atoms with E-state index in [4.69, 9.17) is 5.11 Å². The van der Waals surface area contributed by atoms with Gasteiger partial charge in [-0.25, -0.2) is 18.4 Å². The normalized spacial score (nSPS) is 11.9. The molecule has 1 amide bonds. The standard InChI is InChI=1S/C9H13F2NO4/c1-2-5-16-9(15)12-6(8(13)14)3-4-7(10)11/h2,6-7H,1,3-5H2,(H,12,15)(H,13,14)/t6-/m1/s1. The molecular formula is C9H13F2NO4. The van der Waals surface area contributed by atoms with Gasteiger partial charge in [-0.1, -0.05) is 12.7 Å². The SMILES string of the molecule is C=CCOC(=O)N[C@H](CCC(F)F)C(=O)O. The minimum Gasteiger partial charge on any atom is -0.480 e. The zero-order valence-electron chi connectivity index (χ0n) is 8.49. The van der Waals surface area contributed by atoms with Crippen molar-refractivity contribution >= 4 is 12.1 Å². The Hall–Kier alpha value is -1.66. The van der Waals surface area contributed by atoms with Crippen LogP contribution in [-0.2, 0) is 9.53 Å². The number of carbonyl (C=O) groups excluding carboxylic acids is 1. The summed E-state index contributed by atoms with van der Waals surface area (Å²) >= 11 is 0. The molecule has 0 saturated heterocycles. The fourth-order valence-electron chi connectivity index (χ4n) is 0.869. The summed E-state index contributed by atoms with van der Waals surface area (Å²) in [5, 5.41) is 10.6. The molecular weight excluding hydrogens is 224 g/mol. The van der Waals surface area contributed by atoms with Crippen LogP contribution in [0.25, 0.3) is 0 Å². The van der Waals surface area contributed by atoms with Crippen LogP contribution in [0.1, 0.15) is 12.8 Å². The maximum atomic E-state index is 11.8. The van der Waals surface area contributed by atoms with Crippen LogP contribution in [0.5, 0.6) is 0 Å². The molecule has 0 aromatic heterocycles. The molecule has 0 fully saturated rings. The largest absolute Gasteiger partial charge is 0.480 e. The molecule has 0 heterocycles. The van der Waals surface area contributed by atoms with Gasteiger partial charge in [0.25, 0.3) is 0 Å². The molecule has 0 aliphatic heterocycles. The molecule has 0 saturated carbocycles. The van der Waals surface area contributed by atoms with Crippen LogP contribution in [0.15, 0.2) is 12.7 Å². The summed E-state index contributed by atoms with van der Waals surface area (Å²) in [5.41, 5.74) is 0. The zero-order chi connectivity index (χ0) is 12.6. The maximum absolute atomic E-state index is 11.8. The van der Waals surface area contributed by atoms with Crippen molar-refractivity contribution in [3.8, 4) is 0 Å². The summed E-state index contributed by atoms with van der Waals surface area (Å²) in [5.74, 6) is -1.38. The first-order valence-electron chi connectivity index (χ1n) is 4.52. The summed E-state index contributed by atoms with van der Waals surface area (Å²) in [6.45, 7) is 3.21. The van der Waals surface area contributed by atoms with E-state index in [2.05, 4.69) is 11.3 Å². The maximum Gasteiger partial charge on any atom is 0.408 e. The van der Waals surface area contributed by atoms with Crippen molar-refractivity contribution in [3.05, 3.63) is 12.7 Å². The van der Waals surface area contributed by atoms with Gasteiger partial charge in [-0.15, -0.1) is 0 Å². The molecule has 0 aromatic carbocycles. The van der Waals surface area contributed by atoms with Crippen molar-refractivity contribution in [2.45, 2.75) is 25.3 Å². The number of alkyl halides is 2. The van der Waals surface area contributed by atoms with E-state index in [9.17, 15) is 18.4 Å². The Morgan fingerprint density at radius 1 is 1.44 bits per heavy atom. The van der Waals surface area contributed by atoms with Crippen LogP contribution in [0.3, 0.4) is 0 Å². The Morgan fingerprint density at radius 2 is 2.06 bits per heavy atom. The van der Waals surface area contributed by atoms with Gasteiger partial charge in [-0.2, -0.15) is 0 Å². The van der Waals surface area contributed by atoms with Gasteiger partial charge in [0.15, 0.2) is 0 Å². The lowest BCUT2D eigenvalue weighted by molar-refractivity contribution is -0.139. The van der Waals surface area contributed by atoms with E-state index in [1.165, 1.54) is 6.08 Å². The third-order valence-corrected chi connectivity index (χ3v) is 1.60. The topological polar surface area (TPSA) is 75.6 Å². The first-order valence-corrected chi connectivity index (χ1v) is 4.52. The Balaban J connectivity index is 4.07. The summed E-state index contributed by atoms with van der Waals surface area (Å²) in [6.07, 6.45) is -3.22. The van der Waals surface area contributed by atoms with E-state index >= 15 is 0 Å². The molecule has 7 heteroatoms. The smallest absolute Gasteiger partial charge is 0.408 e. The number of rotatable bonds is 7. The Morgan fingerprint density at radius 3 is 2.50 bits per heavy atom. The van der Waals surface area contributed by atoms with E-state index in [0.717, 1.165) is 0 Å². The summed E-state index contributed by atoms with van der Waals surface area (Å²) in [6, 6.07) is -1.37. The summed E-state index contributed by atoms with van der Waals surface area (Å²) in [7, 11) is 0. The molecule has 0 aliphatic rings. The molecule has 0 aromatic rings. The minimum atomic E-state index is -2.60. The second kappa shape index (κ2) is 7.61. The van der Waals surface area contributed by atoms with Crippen LogP contribution in [0.2, 0.25) is 0 Å². The van der Waals surface area contributed by atoms with Gasteiger partial charge in [0.1, 0.15) is 12.6 Å². The minimum absolute atomic E-state index is 0.0764. The number of alkyl carbamates (subject to hydrolysis) is 1. The van der Waals surface area contributed by atoms with Gasteiger partial charge in [-0.05, 0) is 6.42 Å². The number of nitrogens with one attached hydrogen (secondary N) is 1. The number of carboxylic acids is 1. The Kier molecular flexibility index (Phi) is 6.82. The average molecular weight is 237 g/mol. The van der Waals surface area contributed by atoms with Crippen molar-refractivity contribution < 1.29 is 28.2 Å². The monoisotopic (exact) mass is 237 g/mol. The lowest BCUT2D eigenvalue weighted by Crippen LogP contribution is -2.41. The van der Waals surface area contributed by atoms with Gasteiger partial charge >= 0.3 is 12.1 Å². The molecule has 0 aliphatic carbocycles. The number of hydrogen-bond donors (Lipinski definition) is 2. The van der Waals surface area contributed by atoms with Gasteiger partial charge in [0, 0.05) is 6.42 Å². The second-order valence-corrected chi connectivity index (χ2v) is 2.89. The number of halogens is 2. The van der Waals surface area contributed by atoms with Crippen LogP contribution in [-0.4, -0.2) is 36.2 Å². The predicted molar refractivity (Wildman–Crippen MR) is 51.3 cm³/mol. The van der Waals surface area contributed by atoms with Crippen molar-refractivity contribution in [2.24, 2.45) is 0 Å². The predicted octanol–water partition coefficient (Wildman–Crippen LogP) is 1.40. The highest BCUT2D eigenvalue weighted by atomic mass is 19.3. The average Bonchev–Trinajstić information content (AvgIpc) is 2.20. The summed E-state index contributed by atoms with van der Waals surface area (Å²) in [4.78, 5) is 21.5. The van der Waals surface area contributed by atoms with Crippen LogP contribution in [0, 0.1) is 0 Å². The molecule has 16 heavy (non-hydrogen) atoms. The molecule has 0 bridgehead atoms. The molecule has 92 valence electrons. The number of carboxylic acid groups (broad SMARTS) is 1. The van der Waals surface area contributed by atoms with E-state index in [1.807, 2.05) is 5.32 Å². The van der Waals surface area contributed by atoms with Gasteiger partial charge in [-0.3, -0.25) is 0 Å². The number of ether oxygens (including phenoxy) is 1. The van der Waals surface area contributed by atoms with E-state index in [0.29, 0.717) is 0 Å². The Labute approximate surface area is 91.1 Å². The fraction of sp³-hybridized carbons (Fsp3) is 0.556. The van der Waals surface area contributed by atoms with Crippen molar-refractivity contribution in [3.63, 3.8) is 0 Å². The summed E-state index contributed by atoms with van der Waals surface area (Å²) < 4.78 is 28.2. The molecule has 1 atom stereocenters. The van der Waals surface area contributed by atoms with Crippen molar-refractivity contribution in [1.29, 1.82) is 0 Å². The molecule has 0 radical (unpaired) electrons. The van der Waals surface area contributed by atoms with Gasteiger partial charge in [0.05, 0.1) is 0 Å². The first-order chi connectivity index (χ1) is 7.47. The molecule has 0 unspecified atom stereocenters. The van der Waals surface area contributed by atoms with E-state index in [1.54, 1.807) is 0 Å². The van der Waals surface area contributed by atoms with Crippen LogP contribution in [0.4, 0.5) is 13.6 Å². The highest BCUT2D eigenvalue weighted by Gasteiger charge is 2.21. The quantitative estimate of drug-likeness (QED) is 0.656. The van der Waals surface area contributed by atoms with Crippen LogP contribution >= 0.6 is 0 Å². The zero-order valence-corrected chi connectivity index (χ0v) is 8.49. The molecule has 0 spiro atoms. The highest BCUT2D eigenvalue weighted by Crippen LogP contribution is 2.06. The lowest BCUT2D eigenvalue weighted by Gasteiger charge is -2.13. The highest BCUT2D eigenvalue weighted by molar-refractivity contribution is 5.79. The van der Waals surface area contributed by atoms with Crippen molar-refractivity contribution in [2.75, 3.05) is 6.61 Å². The fourth-order valence-corrected chi connectivity index (χ4v) is 0.869. The number of amides is 1. The Bertz CT molecular complexity index is 258. The van der Waals surface area contributed by atoms with Crippen LogP contribution < -0.4 is 5.32 Å². The molecule has 5 nitrogen and oxygen atoms in total. The van der Waals surface area contributed by atoms with Gasteiger partial charge in [0.2, 0.25) is 6.43 Å². The van der Waals surface area contributed by atoms with E-state index < -0.39 is 31.0 Å². The number of hydrogen-bond acceptors (Lipinski definition) is 3. The molecule has 2 N–H and O–H groups in total. The van der Waals surface area contributed by atoms with E-state index in [-0.39, 0.29) is 13.0 Å². The number of aliphatic carboxylic acids is 1. The second-order valence-electron chi connectivity index (χ2n) is 2.89. The van der Waals surface area contributed by atoms with Gasteiger partial charge < -0.3 is 15.2 Å². The van der Waals surface area contributed by atoms with Crippen molar-refractivity contribution in [1.82, 2.24) is 5.32 Å². The third kappa shape index (κ3) is 6.74. The third-order valence-electron chi connectivity index (χ3n) is 1.60. The molecule has 0 rings (SSSR count). The first kappa shape index (κ1) is 14.3.